The summed E-state index contributed by atoms with van der Waals surface area (Å²) in [6, 6.07) is 0. The molecule has 5 heteroatoms. The van der Waals surface area contributed by atoms with Crippen molar-refractivity contribution in [3.63, 3.8) is 0 Å². The molecule has 2 nitrogen and oxygen atoms in total. The van der Waals surface area contributed by atoms with Gasteiger partial charge in [0.15, 0.2) is 0 Å². The smallest absolute Gasteiger partial charge is 0.131 e. The Hall–Kier alpha value is 1.02. The van der Waals surface area contributed by atoms with Gasteiger partial charge in [-0.25, -0.2) is 0 Å². The average Bonchev–Trinajstić information content (AvgIpc) is 1.91. The molecule has 0 aliphatic rings. The Morgan fingerprint density at radius 2 is 2.14 bits per heavy atom. The number of rotatable bonds is 0. The van der Waals surface area contributed by atoms with Crippen molar-refractivity contribution in [2.45, 2.75) is 0 Å². The molecule has 0 bridgehead atoms. The molecule has 0 aliphatic heterocycles. The van der Waals surface area contributed by atoms with Gasteiger partial charge in [-0.05, 0) is 56.7 Å². The second kappa shape index (κ2) is 2.53. The van der Waals surface area contributed by atoms with E-state index in [0.29, 0.717) is 0 Å². The van der Waals surface area contributed by atoms with Crippen LogP contribution in [0.5, 0.6) is 0 Å². The topological polar surface area (TPSA) is 25.8 Å². The fraction of sp³-hybridized carbons (Fsp3) is 0. The summed E-state index contributed by atoms with van der Waals surface area (Å²) in [4.78, 5) is 0. The number of hydrogen-bond acceptors (Lipinski definition) is 3. The van der Waals surface area contributed by atoms with Gasteiger partial charge in [0.1, 0.15) is 6.58 Å². The highest BCUT2D eigenvalue weighted by atomic mass is 127. The Balaban J connectivity index is 3.12. The van der Waals surface area contributed by atoms with Gasteiger partial charge in [0.2, 0.25) is 0 Å². The third-order valence-electron chi connectivity index (χ3n) is 0.412. The van der Waals surface area contributed by atoms with Crippen molar-refractivity contribution < 1.29 is 0 Å². The number of halogens is 2. The lowest BCUT2D eigenvalue weighted by molar-refractivity contribution is 1.12. The van der Waals surface area contributed by atoms with Crippen molar-refractivity contribution in [3.05, 3.63) is 6.58 Å². The molecule has 0 N–H and O–H groups in total. The molecule has 0 atom stereocenters. The largest absolute Gasteiger partial charge is 0.149 e. The van der Waals surface area contributed by atoms with Crippen molar-refractivity contribution in [2.24, 2.45) is 0 Å². The molecule has 0 saturated heterocycles. The molecule has 0 fully saturated rings. The van der Waals surface area contributed by atoms with Crippen LogP contribution in [0.15, 0.2) is 0 Å². The zero-order chi connectivity index (χ0) is 5.28. The van der Waals surface area contributed by atoms with E-state index in [4.69, 9.17) is 0 Å². The first-order valence-corrected chi connectivity index (χ1v) is 4.37. The molecule has 0 saturated carbocycles. The molecule has 0 radical (unpaired) electrons. The van der Waals surface area contributed by atoms with Crippen LogP contribution in [0.1, 0.15) is 0 Å². The number of hydrogen-bond donors (Lipinski definition) is 0. The highest BCUT2D eigenvalue weighted by Gasteiger charge is 1.95. The summed E-state index contributed by atoms with van der Waals surface area (Å²) in [5, 5.41) is 3.76. The van der Waals surface area contributed by atoms with Crippen molar-refractivity contribution in [1.82, 2.24) is 9.59 Å². The number of nitrogens with zero attached hydrogens (tertiary/aromatic N) is 2. The maximum Gasteiger partial charge on any atom is 0.149 e. The number of aromatic nitrogens is 2. The quantitative estimate of drug-likeness (QED) is 0.674. The highest BCUT2D eigenvalue weighted by Crippen LogP contribution is 2.13. The van der Waals surface area contributed by atoms with Crippen molar-refractivity contribution in [2.75, 3.05) is 0 Å². The Labute approximate surface area is 72.1 Å². The van der Waals surface area contributed by atoms with Crippen molar-refractivity contribution in [3.8, 4) is 0 Å². The Bertz CT molecular complexity index is 146. The van der Waals surface area contributed by atoms with E-state index in [2.05, 4.69) is 54.8 Å². The Morgan fingerprint density at radius 1 is 1.43 bits per heavy atom. The molecule has 1 aromatic rings. The van der Waals surface area contributed by atoms with Crippen LogP contribution in [-0.4, -0.2) is 9.59 Å². The van der Waals surface area contributed by atoms with Crippen LogP contribution in [0.4, 0.5) is 0 Å². The molecular weight excluding hydrogens is 338 g/mol. The van der Waals surface area contributed by atoms with Crippen LogP contribution in [0, 0.1) is 6.58 Å². The van der Waals surface area contributed by atoms with E-state index in [1.54, 1.807) is 0 Å². The molecule has 0 spiro atoms. The lowest BCUT2D eigenvalue weighted by Crippen LogP contribution is -1.68. The minimum absolute atomic E-state index is 1.00. The first kappa shape index (κ1) is 6.14. The minimum Gasteiger partial charge on any atom is -0.131 e. The first-order chi connectivity index (χ1) is 3.30. The molecule has 7 heavy (non-hydrogen) atoms. The summed E-state index contributed by atoms with van der Waals surface area (Å²) in [5.74, 6) is 0. The van der Waals surface area contributed by atoms with Crippen molar-refractivity contribution >= 4 is 56.7 Å². The zero-order valence-corrected chi connectivity index (χ0v) is 8.19. The maximum atomic E-state index is 3.76. The Kier molecular flexibility index (Phi) is 2.22. The van der Waals surface area contributed by atoms with Crippen LogP contribution >= 0.6 is 56.7 Å². The minimum atomic E-state index is 1.00. The predicted molar refractivity (Wildman–Crippen MR) is 45.3 cm³/mol. The monoisotopic (exact) mass is 338 g/mol. The van der Waals surface area contributed by atoms with Crippen LogP contribution in [0.2, 0.25) is 0 Å². The first-order valence-electron chi connectivity index (χ1n) is 1.44. The molecule has 0 amide bonds. The molecule has 38 valence electrons. The van der Waals surface area contributed by atoms with Gasteiger partial charge >= 0.3 is 0 Å². The second-order valence-electron chi connectivity index (χ2n) is 0.837. The normalized spacial score (nSPS) is 9.43. The van der Waals surface area contributed by atoms with Gasteiger partial charge < -0.3 is 0 Å². The van der Waals surface area contributed by atoms with Gasteiger partial charge in [-0.3, -0.25) is 0 Å². The third kappa shape index (κ3) is 1.46. The summed E-state index contributed by atoms with van der Waals surface area (Å²) < 4.78 is 5.87. The van der Waals surface area contributed by atoms with Gasteiger partial charge in [-0.2, -0.15) is 0 Å². The maximum absolute atomic E-state index is 3.76. The van der Waals surface area contributed by atoms with Gasteiger partial charge in [0.05, 0.1) is 0 Å². The molecule has 1 aromatic heterocycles. The summed E-state index contributed by atoms with van der Waals surface area (Å²) in [5.41, 5.74) is 0. The van der Waals surface area contributed by atoms with Gasteiger partial charge in [0, 0.05) is 0 Å². The molecule has 1 rings (SSSR count). The predicted octanol–water partition coefficient (Wildman–Crippen LogP) is 1.75. The second-order valence-corrected chi connectivity index (χ2v) is 4.42. The molecule has 0 aromatic carbocycles. The third-order valence-corrected chi connectivity index (χ3v) is 4.18. The molecule has 1 heterocycles. The standard InChI is InChI=1S/C2I2N2S/c3-1-2(4)7-6-5-1. The van der Waals surface area contributed by atoms with E-state index in [1.807, 2.05) is 0 Å². The van der Waals surface area contributed by atoms with E-state index >= 15 is 0 Å². The van der Waals surface area contributed by atoms with Gasteiger partial charge in [-0.1, -0.05) is 4.49 Å². The summed E-state index contributed by atoms with van der Waals surface area (Å²) in [6.07, 6.45) is 0. The molecular formula is C2I2N2S. The fourth-order valence-corrected chi connectivity index (χ4v) is 1.40. The van der Waals surface area contributed by atoms with Gasteiger partial charge in [-0.15, -0.1) is 5.10 Å². The zero-order valence-electron chi connectivity index (χ0n) is 3.06. The SMILES string of the molecule is Ic1nnsc1I. The summed E-state index contributed by atoms with van der Waals surface area (Å²) in [6.45, 7) is 0. The highest BCUT2D eigenvalue weighted by molar-refractivity contribution is 14.1. The van der Waals surface area contributed by atoms with Crippen LogP contribution in [-0.2, 0) is 0 Å². The average molecular weight is 338 g/mol. The van der Waals surface area contributed by atoms with E-state index < -0.39 is 0 Å². The summed E-state index contributed by atoms with van der Waals surface area (Å²) >= 11 is 5.78. The fourth-order valence-electron chi connectivity index (χ4n) is 0.169. The van der Waals surface area contributed by atoms with E-state index in [-0.39, 0.29) is 0 Å². The molecule has 0 aliphatic carbocycles. The summed E-state index contributed by atoms with van der Waals surface area (Å²) in [7, 11) is 0. The van der Waals surface area contributed by atoms with Crippen LogP contribution in [0.25, 0.3) is 0 Å². The van der Waals surface area contributed by atoms with Crippen LogP contribution < -0.4 is 0 Å². The lowest BCUT2D eigenvalue weighted by atomic mass is 11.0. The lowest BCUT2D eigenvalue weighted by Gasteiger charge is -1.69. The van der Waals surface area contributed by atoms with E-state index in [0.717, 1.165) is 3.70 Å². The van der Waals surface area contributed by atoms with Crippen LogP contribution in [0.3, 0.4) is 0 Å². The molecule has 0 unspecified atom stereocenters. The van der Waals surface area contributed by atoms with Gasteiger partial charge in [0.25, 0.3) is 0 Å². The van der Waals surface area contributed by atoms with Crippen molar-refractivity contribution in [1.29, 1.82) is 0 Å². The van der Waals surface area contributed by atoms with E-state index in [9.17, 15) is 0 Å². The van der Waals surface area contributed by atoms with E-state index in [1.165, 1.54) is 14.4 Å². The Morgan fingerprint density at radius 3 is 2.29 bits per heavy atom.